The van der Waals surface area contributed by atoms with E-state index < -0.39 is 0 Å². The molecule has 10 aromatic rings. The van der Waals surface area contributed by atoms with E-state index in [1.54, 1.807) is 0 Å². The van der Waals surface area contributed by atoms with Gasteiger partial charge >= 0.3 is 0 Å². The fraction of sp³-hybridized carbons (Fsp3) is 0.0213. The zero-order valence-electron chi connectivity index (χ0n) is 26.5. The van der Waals surface area contributed by atoms with Crippen molar-refractivity contribution in [2.75, 3.05) is 0 Å². The highest BCUT2D eigenvalue weighted by molar-refractivity contribution is 6.26. The molecule has 0 radical (unpaired) electrons. The van der Waals surface area contributed by atoms with Gasteiger partial charge in [-0.25, -0.2) is 0 Å². The second kappa shape index (κ2) is 10.1. The fourth-order valence-electron chi connectivity index (χ4n) is 8.34. The Morgan fingerprint density at radius 1 is 0.347 bits per heavy atom. The maximum atomic E-state index is 6.75. The predicted molar refractivity (Wildman–Crippen MR) is 203 cm³/mol. The van der Waals surface area contributed by atoms with Crippen LogP contribution in [-0.4, -0.2) is 0 Å². The first-order valence-corrected chi connectivity index (χ1v) is 16.9. The molecule has 0 spiro atoms. The van der Waals surface area contributed by atoms with Crippen LogP contribution < -0.4 is 0 Å². The summed E-state index contributed by atoms with van der Waals surface area (Å²) >= 11 is 0. The van der Waals surface area contributed by atoms with E-state index in [9.17, 15) is 0 Å². The van der Waals surface area contributed by atoms with Gasteiger partial charge in [0.15, 0.2) is 11.2 Å². The lowest BCUT2D eigenvalue weighted by molar-refractivity contribution is 0.611. The van der Waals surface area contributed by atoms with Gasteiger partial charge in [0.1, 0.15) is 11.3 Å². The van der Waals surface area contributed by atoms with Crippen molar-refractivity contribution in [3.05, 3.63) is 169 Å². The molecule has 0 aliphatic heterocycles. The first-order chi connectivity index (χ1) is 24.3. The molecule has 0 N–H and O–H groups in total. The highest BCUT2D eigenvalue weighted by Gasteiger charge is 2.24. The standard InChI is InChI=1S/C47H28O2/c1-2-12-28(13-3-1)43-27-41-39(26-40-34-16-10-11-21-42(34)48-46(40)47(41)49-43)45-37-19-8-6-17-35(37)44(36-18-7-9-20-38(36)45)30-22-23-33-31(25-30)24-29-14-4-5-15-32(29)33/h1-23,25-27H,24H2. The van der Waals surface area contributed by atoms with Gasteiger partial charge < -0.3 is 8.83 Å². The van der Waals surface area contributed by atoms with Crippen molar-refractivity contribution in [1.29, 1.82) is 0 Å². The van der Waals surface area contributed by atoms with E-state index in [1.165, 1.54) is 60.5 Å². The Bertz CT molecular complexity index is 2900. The summed E-state index contributed by atoms with van der Waals surface area (Å²) in [6.07, 6.45) is 0.966. The number of hydrogen-bond donors (Lipinski definition) is 0. The van der Waals surface area contributed by atoms with Crippen LogP contribution in [0.25, 0.3) is 99.2 Å². The Morgan fingerprint density at radius 3 is 1.73 bits per heavy atom. The lowest BCUT2D eigenvalue weighted by atomic mass is 9.84. The molecule has 0 saturated carbocycles. The average molecular weight is 625 g/mol. The zero-order chi connectivity index (χ0) is 32.1. The molecule has 0 bridgehead atoms. The van der Waals surface area contributed by atoms with Crippen LogP contribution >= 0.6 is 0 Å². The molecule has 1 aliphatic carbocycles. The third kappa shape index (κ3) is 3.83. The Hall–Kier alpha value is -6.38. The Kier molecular flexibility index (Phi) is 5.47. The van der Waals surface area contributed by atoms with Gasteiger partial charge in [0, 0.05) is 21.7 Å². The molecule has 1 aliphatic rings. The molecule has 2 nitrogen and oxygen atoms in total. The Balaban J connectivity index is 1.24. The van der Waals surface area contributed by atoms with Crippen molar-refractivity contribution in [3.63, 3.8) is 0 Å². The van der Waals surface area contributed by atoms with Crippen LogP contribution in [-0.2, 0) is 6.42 Å². The molecule has 2 heterocycles. The minimum absolute atomic E-state index is 0.776. The number of benzene rings is 8. The minimum Gasteiger partial charge on any atom is -0.452 e. The van der Waals surface area contributed by atoms with Gasteiger partial charge in [0.05, 0.1) is 0 Å². The van der Waals surface area contributed by atoms with E-state index in [4.69, 9.17) is 8.83 Å². The number of para-hydroxylation sites is 1. The van der Waals surface area contributed by atoms with E-state index >= 15 is 0 Å². The van der Waals surface area contributed by atoms with E-state index in [1.807, 2.05) is 18.2 Å². The van der Waals surface area contributed by atoms with Crippen molar-refractivity contribution < 1.29 is 8.83 Å². The van der Waals surface area contributed by atoms with E-state index in [-0.39, 0.29) is 0 Å². The van der Waals surface area contributed by atoms with Crippen LogP contribution in [0.15, 0.2) is 167 Å². The SMILES string of the molecule is c1ccc(-c2cc3c(-c4c5ccccc5c(-c5ccc6c(c5)Cc5ccccc5-6)c5ccccc45)cc4c5ccccc5oc4c3o2)cc1. The van der Waals surface area contributed by atoms with Crippen molar-refractivity contribution in [2.24, 2.45) is 0 Å². The lowest BCUT2D eigenvalue weighted by Crippen LogP contribution is -1.92. The van der Waals surface area contributed by atoms with Crippen molar-refractivity contribution >= 4 is 54.5 Å². The third-order valence-electron chi connectivity index (χ3n) is 10.5. The molecular formula is C47H28O2. The second-order valence-corrected chi connectivity index (χ2v) is 13.2. The van der Waals surface area contributed by atoms with Crippen LogP contribution in [0.2, 0.25) is 0 Å². The molecule has 0 saturated heterocycles. The van der Waals surface area contributed by atoms with Gasteiger partial charge in [0.25, 0.3) is 0 Å². The fourth-order valence-corrected chi connectivity index (χ4v) is 8.34. The molecule has 11 rings (SSSR count). The summed E-state index contributed by atoms with van der Waals surface area (Å²) in [7, 11) is 0. The average Bonchev–Trinajstić information content (AvgIpc) is 3.87. The first-order valence-electron chi connectivity index (χ1n) is 16.9. The highest BCUT2D eigenvalue weighted by atomic mass is 16.4. The summed E-state index contributed by atoms with van der Waals surface area (Å²) in [5.41, 5.74) is 13.8. The normalized spacial score (nSPS) is 12.4. The van der Waals surface area contributed by atoms with Crippen LogP contribution in [0.3, 0.4) is 0 Å². The number of rotatable bonds is 3. The molecule has 49 heavy (non-hydrogen) atoms. The van der Waals surface area contributed by atoms with Gasteiger partial charge in [0.2, 0.25) is 0 Å². The zero-order valence-corrected chi connectivity index (χ0v) is 26.5. The smallest absolute Gasteiger partial charge is 0.178 e. The molecule has 228 valence electrons. The third-order valence-corrected chi connectivity index (χ3v) is 10.5. The minimum atomic E-state index is 0.776. The van der Waals surface area contributed by atoms with Crippen LogP contribution in [0.4, 0.5) is 0 Å². The summed E-state index contributed by atoms with van der Waals surface area (Å²) < 4.78 is 13.3. The monoisotopic (exact) mass is 624 g/mol. The maximum Gasteiger partial charge on any atom is 0.178 e. The van der Waals surface area contributed by atoms with Gasteiger partial charge in [-0.2, -0.15) is 0 Å². The summed E-state index contributed by atoms with van der Waals surface area (Å²) in [5, 5.41) is 8.10. The summed E-state index contributed by atoms with van der Waals surface area (Å²) in [6.45, 7) is 0. The molecule has 0 amide bonds. The van der Waals surface area contributed by atoms with Crippen LogP contribution in [0.5, 0.6) is 0 Å². The van der Waals surface area contributed by atoms with Gasteiger partial charge in [-0.15, -0.1) is 0 Å². The molecule has 0 atom stereocenters. The second-order valence-electron chi connectivity index (χ2n) is 13.2. The topological polar surface area (TPSA) is 26.3 Å². The molecule has 2 heteroatoms. The van der Waals surface area contributed by atoms with E-state index in [0.29, 0.717) is 0 Å². The van der Waals surface area contributed by atoms with Crippen molar-refractivity contribution in [1.82, 2.24) is 0 Å². The molecular weight excluding hydrogens is 597 g/mol. The van der Waals surface area contributed by atoms with Gasteiger partial charge in [-0.05, 0) is 90.7 Å². The van der Waals surface area contributed by atoms with Crippen LogP contribution in [0.1, 0.15) is 11.1 Å². The van der Waals surface area contributed by atoms with Crippen molar-refractivity contribution in [3.8, 4) is 44.7 Å². The largest absolute Gasteiger partial charge is 0.452 e. The van der Waals surface area contributed by atoms with Gasteiger partial charge in [-0.1, -0.05) is 140 Å². The van der Waals surface area contributed by atoms with Crippen LogP contribution in [0, 0.1) is 0 Å². The summed E-state index contributed by atoms with van der Waals surface area (Å²) in [5.74, 6) is 0.828. The van der Waals surface area contributed by atoms with Gasteiger partial charge in [-0.3, -0.25) is 0 Å². The molecule has 2 aromatic heterocycles. The molecule has 8 aromatic carbocycles. The quantitative estimate of drug-likeness (QED) is 0.183. The summed E-state index contributed by atoms with van der Waals surface area (Å²) in [6, 6.07) is 56.8. The van der Waals surface area contributed by atoms with E-state index in [2.05, 4.69) is 140 Å². The first kappa shape index (κ1) is 26.7. The molecule has 0 unspecified atom stereocenters. The number of fused-ring (bicyclic) bond motifs is 10. The Labute approximate surface area is 282 Å². The van der Waals surface area contributed by atoms with Crippen molar-refractivity contribution in [2.45, 2.75) is 6.42 Å². The predicted octanol–water partition coefficient (Wildman–Crippen LogP) is 13.2. The number of hydrogen-bond acceptors (Lipinski definition) is 2. The van der Waals surface area contributed by atoms with E-state index in [0.717, 1.165) is 56.2 Å². The summed E-state index contributed by atoms with van der Waals surface area (Å²) in [4.78, 5) is 0. The maximum absolute atomic E-state index is 6.75. The highest BCUT2D eigenvalue weighted by Crippen LogP contribution is 2.49. The number of furan rings is 2. The Morgan fingerprint density at radius 2 is 0.959 bits per heavy atom. The lowest BCUT2D eigenvalue weighted by Gasteiger charge is -2.18. The molecule has 0 fully saturated rings.